The summed E-state index contributed by atoms with van der Waals surface area (Å²) in [6.45, 7) is 4.00. The normalized spacial score (nSPS) is 18.1. The summed E-state index contributed by atoms with van der Waals surface area (Å²) in [5.41, 5.74) is 1.28. The van der Waals surface area contributed by atoms with E-state index in [-0.39, 0.29) is 6.03 Å². The van der Waals surface area contributed by atoms with Gasteiger partial charge in [0.15, 0.2) is 5.82 Å². The van der Waals surface area contributed by atoms with Crippen LogP contribution in [-0.2, 0) is 6.54 Å². The number of urea groups is 1. The number of nitrogens with one attached hydrogen (secondary N) is 1. The van der Waals surface area contributed by atoms with E-state index >= 15 is 0 Å². The Hall–Kier alpha value is -2.02. The highest BCUT2D eigenvalue weighted by Gasteiger charge is 2.29. The van der Waals surface area contributed by atoms with Crippen molar-refractivity contribution in [2.24, 2.45) is 0 Å². The molecule has 1 aliphatic carbocycles. The molecule has 2 aliphatic rings. The minimum atomic E-state index is -0.0402. The van der Waals surface area contributed by atoms with E-state index in [0.717, 1.165) is 38.8 Å². The van der Waals surface area contributed by atoms with E-state index in [9.17, 15) is 4.79 Å². The maximum absolute atomic E-state index is 12.3. The van der Waals surface area contributed by atoms with Crippen LogP contribution in [-0.4, -0.2) is 39.4 Å². The topological polar surface area (TPSA) is 71.3 Å². The van der Waals surface area contributed by atoms with Crippen molar-refractivity contribution >= 4 is 17.8 Å². The van der Waals surface area contributed by atoms with E-state index in [4.69, 9.17) is 4.52 Å². The number of nitrogens with zero attached hydrogens (tertiary/aromatic N) is 3. The van der Waals surface area contributed by atoms with Crippen LogP contribution in [0, 0.1) is 6.92 Å². The highest BCUT2D eigenvalue weighted by molar-refractivity contribution is 8.00. The Morgan fingerprint density at radius 1 is 1.23 bits per heavy atom. The summed E-state index contributed by atoms with van der Waals surface area (Å²) in [4.78, 5) is 19.9. The summed E-state index contributed by atoms with van der Waals surface area (Å²) >= 11 is 1.92. The van der Waals surface area contributed by atoms with Crippen molar-refractivity contribution < 1.29 is 9.32 Å². The van der Waals surface area contributed by atoms with Crippen LogP contribution in [0.15, 0.2) is 33.7 Å². The van der Waals surface area contributed by atoms with Gasteiger partial charge in [-0.2, -0.15) is 4.98 Å². The fourth-order valence-corrected chi connectivity index (χ4v) is 4.21. The molecular weight excluding hydrogens is 348 g/mol. The van der Waals surface area contributed by atoms with Gasteiger partial charge in [0.2, 0.25) is 5.89 Å². The van der Waals surface area contributed by atoms with Gasteiger partial charge in [0.05, 0.1) is 6.54 Å². The molecule has 0 unspecified atom stereocenters. The zero-order valence-corrected chi connectivity index (χ0v) is 15.8. The van der Waals surface area contributed by atoms with Crippen molar-refractivity contribution in [2.75, 3.05) is 13.1 Å². The first-order valence-electron chi connectivity index (χ1n) is 9.26. The van der Waals surface area contributed by atoms with Gasteiger partial charge in [-0.1, -0.05) is 22.9 Å². The smallest absolute Gasteiger partial charge is 0.317 e. The number of carbonyl (C=O) groups excluding carboxylic acids is 1. The zero-order valence-electron chi connectivity index (χ0n) is 15.0. The van der Waals surface area contributed by atoms with Crippen LogP contribution in [0.1, 0.15) is 48.9 Å². The fraction of sp³-hybridized carbons (Fsp3) is 0.526. The molecule has 0 spiro atoms. The number of thioether (sulfide) groups is 1. The van der Waals surface area contributed by atoms with E-state index in [0.29, 0.717) is 29.4 Å². The molecule has 1 saturated heterocycles. The molecule has 4 rings (SSSR count). The maximum Gasteiger partial charge on any atom is 0.317 e. The molecule has 2 aromatic rings. The summed E-state index contributed by atoms with van der Waals surface area (Å²) in [5, 5.41) is 7.41. The Labute approximate surface area is 157 Å². The molecule has 26 heavy (non-hydrogen) atoms. The van der Waals surface area contributed by atoms with Gasteiger partial charge in [0, 0.05) is 29.2 Å². The number of amides is 2. The second kappa shape index (κ2) is 7.70. The van der Waals surface area contributed by atoms with E-state index in [2.05, 4.69) is 46.6 Å². The summed E-state index contributed by atoms with van der Waals surface area (Å²) in [7, 11) is 0. The Morgan fingerprint density at radius 3 is 2.65 bits per heavy atom. The van der Waals surface area contributed by atoms with E-state index in [1.165, 1.54) is 10.5 Å². The SMILES string of the molecule is Cc1ccc(SC2CCN(C(=O)NCc3noc(C4CC4)n3)CC2)cc1. The van der Waals surface area contributed by atoms with Crippen LogP contribution in [0.2, 0.25) is 0 Å². The van der Waals surface area contributed by atoms with Crippen molar-refractivity contribution in [1.82, 2.24) is 20.4 Å². The standard InChI is InChI=1S/C19H24N4O2S/c1-13-2-6-15(7-3-13)26-16-8-10-23(11-9-16)19(24)20-12-17-21-18(25-22-17)14-4-5-14/h2-3,6-7,14,16H,4-5,8-12H2,1H3,(H,20,24). The molecule has 2 fully saturated rings. The number of carbonyl (C=O) groups is 1. The highest BCUT2D eigenvalue weighted by atomic mass is 32.2. The number of likely N-dealkylation sites (tertiary alicyclic amines) is 1. The molecule has 6 nitrogen and oxygen atoms in total. The molecule has 7 heteroatoms. The average molecular weight is 372 g/mol. The number of rotatable bonds is 5. The Balaban J connectivity index is 1.20. The number of hydrogen-bond donors (Lipinski definition) is 1. The van der Waals surface area contributed by atoms with Gasteiger partial charge >= 0.3 is 6.03 Å². The van der Waals surface area contributed by atoms with Gasteiger partial charge in [0.1, 0.15) is 0 Å². The van der Waals surface area contributed by atoms with Gasteiger partial charge in [-0.3, -0.25) is 0 Å². The van der Waals surface area contributed by atoms with Gasteiger partial charge < -0.3 is 14.7 Å². The number of benzene rings is 1. The van der Waals surface area contributed by atoms with Crippen molar-refractivity contribution in [3.05, 3.63) is 41.5 Å². The summed E-state index contributed by atoms with van der Waals surface area (Å²) in [6.07, 6.45) is 4.28. The predicted octanol–water partition coefficient (Wildman–Crippen LogP) is 3.72. The fourth-order valence-electron chi connectivity index (χ4n) is 3.09. The van der Waals surface area contributed by atoms with Gasteiger partial charge in [0.25, 0.3) is 0 Å². The minimum Gasteiger partial charge on any atom is -0.339 e. The first-order valence-corrected chi connectivity index (χ1v) is 10.1. The lowest BCUT2D eigenvalue weighted by Gasteiger charge is -2.31. The lowest BCUT2D eigenvalue weighted by molar-refractivity contribution is 0.187. The molecule has 1 saturated carbocycles. The third kappa shape index (κ3) is 4.38. The van der Waals surface area contributed by atoms with Crippen LogP contribution in [0.4, 0.5) is 4.79 Å². The van der Waals surface area contributed by atoms with E-state index < -0.39 is 0 Å². The monoisotopic (exact) mass is 372 g/mol. The van der Waals surface area contributed by atoms with Crippen molar-refractivity contribution in [3.8, 4) is 0 Å². The van der Waals surface area contributed by atoms with Crippen LogP contribution in [0.5, 0.6) is 0 Å². The third-order valence-electron chi connectivity index (χ3n) is 4.86. The van der Waals surface area contributed by atoms with Crippen molar-refractivity contribution in [1.29, 1.82) is 0 Å². The van der Waals surface area contributed by atoms with Crippen molar-refractivity contribution in [2.45, 2.75) is 55.2 Å². The van der Waals surface area contributed by atoms with E-state index in [1.54, 1.807) is 0 Å². The highest BCUT2D eigenvalue weighted by Crippen LogP contribution is 2.38. The van der Waals surface area contributed by atoms with Gasteiger partial charge in [-0.05, 0) is 44.7 Å². The molecule has 138 valence electrons. The first-order chi connectivity index (χ1) is 12.7. The molecule has 2 amide bonds. The molecule has 1 aromatic carbocycles. The number of piperidine rings is 1. The van der Waals surface area contributed by atoms with Crippen molar-refractivity contribution in [3.63, 3.8) is 0 Å². The maximum atomic E-state index is 12.3. The van der Waals surface area contributed by atoms with Crippen LogP contribution >= 0.6 is 11.8 Å². The molecule has 1 aliphatic heterocycles. The molecule has 0 bridgehead atoms. The lowest BCUT2D eigenvalue weighted by atomic mass is 10.1. The lowest BCUT2D eigenvalue weighted by Crippen LogP contribution is -2.44. The predicted molar refractivity (Wildman–Crippen MR) is 100 cm³/mol. The zero-order chi connectivity index (χ0) is 17.9. The molecule has 2 heterocycles. The number of aromatic nitrogens is 2. The molecule has 1 aromatic heterocycles. The number of hydrogen-bond acceptors (Lipinski definition) is 5. The summed E-state index contributed by atoms with van der Waals surface area (Å²) < 4.78 is 5.22. The van der Waals surface area contributed by atoms with Crippen LogP contribution in [0.25, 0.3) is 0 Å². The second-order valence-electron chi connectivity index (χ2n) is 7.10. The minimum absolute atomic E-state index is 0.0402. The Kier molecular flexibility index (Phi) is 5.15. The van der Waals surface area contributed by atoms with Gasteiger partial charge in [-0.25, -0.2) is 4.79 Å². The first kappa shape index (κ1) is 17.4. The van der Waals surface area contributed by atoms with Crippen LogP contribution < -0.4 is 5.32 Å². The van der Waals surface area contributed by atoms with E-state index in [1.807, 2.05) is 16.7 Å². The summed E-state index contributed by atoms with van der Waals surface area (Å²) in [5.74, 6) is 1.71. The molecule has 0 atom stereocenters. The Bertz CT molecular complexity index is 749. The van der Waals surface area contributed by atoms with Crippen LogP contribution in [0.3, 0.4) is 0 Å². The van der Waals surface area contributed by atoms with Gasteiger partial charge in [-0.15, -0.1) is 11.8 Å². The summed E-state index contributed by atoms with van der Waals surface area (Å²) in [6, 6.07) is 8.62. The molecular formula is C19H24N4O2S. The number of aryl methyl sites for hydroxylation is 1. The largest absolute Gasteiger partial charge is 0.339 e. The molecule has 1 N–H and O–H groups in total. The average Bonchev–Trinajstić information content (AvgIpc) is 3.40. The Morgan fingerprint density at radius 2 is 1.96 bits per heavy atom. The molecule has 0 radical (unpaired) electrons. The quantitative estimate of drug-likeness (QED) is 0.866. The second-order valence-corrected chi connectivity index (χ2v) is 8.47. The third-order valence-corrected chi connectivity index (χ3v) is 6.21.